The monoisotopic (exact) mass is 307 g/mol. The number of ether oxygens (including phenoxy) is 2. The van der Waals surface area contributed by atoms with Crippen molar-refractivity contribution in [2.45, 2.75) is 19.3 Å². The van der Waals surface area contributed by atoms with Crippen LogP contribution in [-0.4, -0.2) is 18.5 Å². The first-order valence-electron chi connectivity index (χ1n) is 6.45. The third kappa shape index (κ3) is 5.83. The van der Waals surface area contributed by atoms with E-state index in [-0.39, 0.29) is 19.0 Å². The van der Waals surface area contributed by atoms with E-state index < -0.39 is 5.97 Å². The summed E-state index contributed by atoms with van der Waals surface area (Å²) in [5.74, 6) is -0.248. The van der Waals surface area contributed by atoms with Gasteiger partial charge in [0.05, 0.1) is 12.7 Å². The molecule has 2 rings (SSSR count). The summed E-state index contributed by atoms with van der Waals surface area (Å²) >= 11 is 1.60. The van der Waals surface area contributed by atoms with Crippen LogP contribution >= 0.6 is 11.3 Å². The molecule has 111 valence electrons. The topological polar surface area (TPSA) is 65.7 Å². The molecule has 0 saturated carbocycles. The molecule has 0 aliphatic carbocycles. The van der Waals surface area contributed by atoms with Crippen molar-refractivity contribution in [2.24, 2.45) is 0 Å². The molecule has 0 spiro atoms. The fraction of sp³-hybridized carbons (Fsp3) is 0.267. The number of aryl methyl sites for hydroxylation is 1. The summed E-state index contributed by atoms with van der Waals surface area (Å²) in [7, 11) is 0. The minimum Gasteiger partial charge on any atom is -0.469 e. The Hall–Kier alpha value is -2.08. The lowest BCUT2D eigenvalue weighted by Crippen LogP contribution is -2.11. The molecular formula is C15H15O5S. The van der Waals surface area contributed by atoms with Gasteiger partial charge in [-0.2, -0.15) is 0 Å². The summed E-state index contributed by atoms with van der Waals surface area (Å²) in [5, 5.41) is 1.97. The van der Waals surface area contributed by atoms with Gasteiger partial charge in [0.1, 0.15) is 18.8 Å². The van der Waals surface area contributed by atoms with E-state index in [0.717, 1.165) is 4.88 Å². The van der Waals surface area contributed by atoms with Gasteiger partial charge in [0.2, 0.25) is 0 Å². The highest BCUT2D eigenvalue weighted by molar-refractivity contribution is 7.09. The van der Waals surface area contributed by atoms with Crippen molar-refractivity contribution < 1.29 is 23.5 Å². The van der Waals surface area contributed by atoms with Gasteiger partial charge < -0.3 is 13.9 Å². The Labute approximate surface area is 126 Å². The molecule has 1 radical (unpaired) electrons. The maximum atomic E-state index is 11.4. The van der Waals surface area contributed by atoms with Crippen molar-refractivity contribution >= 4 is 23.3 Å². The largest absolute Gasteiger partial charge is 0.469 e. The maximum absolute atomic E-state index is 11.4. The van der Waals surface area contributed by atoms with Gasteiger partial charge in [-0.3, -0.25) is 9.59 Å². The molecule has 0 amide bonds. The summed E-state index contributed by atoms with van der Waals surface area (Å²) in [6, 6.07) is 7.30. The van der Waals surface area contributed by atoms with Crippen LogP contribution in [0.1, 0.15) is 17.1 Å². The van der Waals surface area contributed by atoms with Crippen LogP contribution in [0.4, 0.5) is 0 Å². The van der Waals surface area contributed by atoms with E-state index in [1.54, 1.807) is 23.5 Å². The van der Waals surface area contributed by atoms with Gasteiger partial charge >= 0.3 is 11.9 Å². The summed E-state index contributed by atoms with van der Waals surface area (Å²) < 4.78 is 14.8. The molecule has 0 saturated heterocycles. The average Bonchev–Trinajstić information content (AvgIpc) is 3.14. The standard InChI is InChI=1S/C15H15O5S/c16-14(6-5-13-4-2-10-21-13)19-8-9-20-15(17)11-12-3-1-7-18-12/h1-4,7,9-10H,5-6,8,11H2. The number of rotatable bonds is 8. The minimum atomic E-state index is -0.459. The lowest BCUT2D eigenvalue weighted by Gasteiger charge is -2.04. The summed E-state index contributed by atoms with van der Waals surface area (Å²) in [6.45, 7) is 1.13. The van der Waals surface area contributed by atoms with E-state index in [0.29, 0.717) is 18.6 Å². The zero-order chi connectivity index (χ0) is 14.9. The van der Waals surface area contributed by atoms with Crippen molar-refractivity contribution in [3.63, 3.8) is 0 Å². The van der Waals surface area contributed by atoms with Crippen LogP contribution in [-0.2, 0) is 31.9 Å². The van der Waals surface area contributed by atoms with Gasteiger partial charge in [0.25, 0.3) is 0 Å². The fourth-order valence-electron chi connectivity index (χ4n) is 1.60. The van der Waals surface area contributed by atoms with Gasteiger partial charge in [0, 0.05) is 4.88 Å². The van der Waals surface area contributed by atoms with Crippen molar-refractivity contribution in [1.82, 2.24) is 0 Å². The van der Waals surface area contributed by atoms with Gasteiger partial charge in [-0.25, -0.2) is 0 Å². The third-order valence-electron chi connectivity index (χ3n) is 2.58. The van der Waals surface area contributed by atoms with Crippen LogP contribution in [0.3, 0.4) is 0 Å². The van der Waals surface area contributed by atoms with Gasteiger partial charge in [-0.05, 0) is 30.0 Å². The molecule has 0 fully saturated rings. The second-order valence-corrected chi connectivity index (χ2v) is 5.21. The second-order valence-electron chi connectivity index (χ2n) is 4.18. The van der Waals surface area contributed by atoms with Crippen LogP contribution in [0.2, 0.25) is 0 Å². The van der Waals surface area contributed by atoms with Crippen LogP contribution in [0.5, 0.6) is 0 Å². The number of hydrogen-bond acceptors (Lipinski definition) is 6. The predicted octanol–water partition coefficient (Wildman–Crippen LogP) is 2.76. The lowest BCUT2D eigenvalue weighted by molar-refractivity contribution is -0.148. The molecule has 21 heavy (non-hydrogen) atoms. The Morgan fingerprint density at radius 1 is 1.24 bits per heavy atom. The normalized spacial score (nSPS) is 10.3. The zero-order valence-electron chi connectivity index (χ0n) is 11.3. The molecular weight excluding hydrogens is 292 g/mol. The quantitative estimate of drug-likeness (QED) is 0.554. The SMILES string of the molecule is O=C(Cc1ccco1)O[CH]COC(=O)CCc1cccs1. The van der Waals surface area contributed by atoms with E-state index in [1.807, 2.05) is 17.5 Å². The molecule has 0 aliphatic rings. The van der Waals surface area contributed by atoms with Gasteiger partial charge in [0.15, 0.2) is 6.61 Å². The molecule has 0 unspecified atom stereocenters. The van der Waals surface area contributed by atoms with Crippen molar-refractivity contribution in [3.05, 3.63) is 53.2 Å². The van der Waals surface area contributed by atoms with Crippen molar-refractivity contribution in [2.75, 3.05) is 6.61 Å². The number of carbonyl (C=O) groups excluding carboxylic acids is 2. The number of carbonyl (C=O) groups is 2. The number of furan rings is 1. The highest BCUT2D eigenvalue weighted by Crippen LogP contribution is 2.11. The highest BCUT2D eigenvalue weighted by Gasteiger charge is 2.08. The van der Waals surface area contributed by atoms with Crippen molar-refractivity contribution in [3.8, 4) is 0 Å². The molecule has 0 atom stereocenters. The molecule has 5 nitrogen and oxygen atoms in total. The summed E-state index contributed by atoms with van der Waals surface area (Å²) in [4.78, 5) is 24.0. The van der Waals surface area contributed by atoms with Crippen LogP contribution in [0.25, 0.3) is 0 Å². The van der Waals surface area contributed by atoms with Crippen LogP contribution in [0.15, 0.2) is 40.3 Å². The fourth-order valence-corrected chi connectivity index (χ4v) is 2.31. The van der Waals surface area contributed by atoms with Gasteiger partial charge in [-0.1, -0.05) is 6.07 Å². The molecule has 0 aromatic carbocycles. The van der Waals surface area contributed by atoms with Crippen LogP contribution < -0.4 is 0 Å². The minimum absolute atomic E-state index is 0.0484. The van der Waals surface area contributed by atoms with Gasteiger partial charge in [-0.15, -0.1) is 11.3 Å². The predicted molar refractivity (Wildman–Crippen MR) is 76.4 cm³/mol. The third-order valence-corrected chi connectivity index (χ3v) is 3.52. The lowest BCUT2D eigenvalue weighted by atomic mass is 10.3. The van der Waals surface area contributed by atoms with E-state index in [2.05, 4.69) is 0 Å². The zero-order valence-corrected chi connectivity index (χ0v) is 12.1. The molecule has 2 aromatic rings. The first kappa shape index (κ1) is 15.3. The molecule has 0 aliphatic heterocycles. The molecule has 0 N–H and O–H groups in total. The Kier molecular flexibility index (Phi) is 6.02. The van der Waals surface area contributed by atoms with E-state index in [1.165, 1.54) is 12.9 Å². The number of hydrogen-bond donors (Lipinski definition) is 0. The first-order valence-corrected chi connectivity index (χ1v) is 7.33. The molecule has 0 bridgehead atoms. The highest BCUT2D eigenvalue weighted by atomic mass is 32.1. The number of esters is 2. The molecule has 2 aromatic heterocycles. The maximum Gasteiger partial charge on any atom is 0.314 e. The Morgan fingerprint density at radius 2 is 2.14 bits per heavy atom. The summed E-state index contributed by atoms with van der Waals surface area (Å²) in [6.07, 6.45) is 2.51. The Morgan fingerprint density at radius 3 is 2.86 bits per heavy atom. The summed E-state index contributed by atoms with van der Waals surface area (Å²) in [5.41, 5.74) is 0. The Bertz CT molecular complexity index is 545. The number of thiophene rings is 1. The van der Waals surface area contributed by atoms with E-state index in [9.17, 15) is 9.59 Å². The average molecular weight is 307 g/mol. The smallest absolute Gasteiger partial charge is 0.314 e. The Balaban J connectivity index is 1.52. The van der Waals surface area contributed by atoms with Crippen LogP contribution in [0, 0.1) is 6.61 Å². The second kappa shape index (κ2) is 8.26. The van der Waals surface area contributed by atoms with Crippen molar-refractivity contribution in [1.29, 1.82) is 0 Å². The van der Waals surface area contributed by atoms with E-state index in [4.69, 9.17) is 13.9 Å². The molecule has 6 heteroatoms. The molecule has 2 heterocycles. The van der Waals surface area contributed by atoms with E-state index >= 15 is 0 Å². The first-order chi connectivity index (χ1) is 10.2.